The highest BCUT2D eigenvalue weighted by Gasteiger charge is 2.27. The molecule has 28 heavy (non-hydrogen) atoms. The molecule has 0 aliphatic carbocycles. The fraction of sp³-hybridized carbons (Fsp3) is 0.650. The summed E-state index contributed by atoms with van der Waals surface area (Å²) in [5, 5.41) is 3.37. The molecule has 2 rings (SSSR count). The highest BCUT2D eigenvalue weighted by Crippen LogP contribution is 2.24. The fourth-order valence-corrected chi connectivity index (χ4v) is 5.29. The lowest BCUT2D eigenvalue weighted by molar-refractivity contribution is 0.0690. The summed E-state index contributed by atoms with van der Waals surface area (Å²) in [6, 6.07) is 5.03. The van der Waals surface area contributed by atoms with Gasteiger partial charge < -0.3 is 10.2 Å². The molecule has 1 saturated heterocycles. The Kier molecular flexibility index (Phi) is 9.90. The zero-order valence-electron chi connectivity index (χ0n) is 17.4. The van der Waals surface area contributed by atoms with Crippen molar-refractivity contribution in [2.75, 3.05) is 39.3 Å². The number of likely N-dealkylation sites (tertiary alicyclic amines) is 1. The van der Waals surface area contributed by atoms with Gasteiger partial charge >= 0.3 is 0 Å². The van der Waals surface area contributed by atoms with Gasteiger partial charge in [-0.1, -0.05) is 26.8 Å². The molecule has 8 heteroatoms. The molecule has 0 saturated carbocycles. The number of nitrogens with zero attached hydrogens (tertiary/aromatic N) is 2. The molecule has 1 aromatic rings. The SMILES string of the molecule is CCNCC1CCN(C(=O)c2ccc(C)c(S(=O)(=O)N(CC)CC)c2)CC1.Cl. The molecule has 1 aliphatic heterocycles. The Labute approximate surface area is 176 Å². The summed E-state index contributed by atoms with van der Waals surface area (Å²) in [4.78, 5) is 15.0. The molecule has 1 aliphatic rings. The maximum absolute atomic E-state index is 12.9. The molecule has 6 nitrogen and oxygen atoms in total. The minimum atomic E-state index is -3.58. The van der Waals surface area contributed by atoms with E-state index in [0.29, 0.717) is 30.1 Å². The first-order chi connectivity index (χ1) is 12.8. The third-order valence-electron chi connectivity index (χ3n) is 5.34. The van der Waals surface area contributed by atoms with E-state index in [1.807, 2.05) is 18.7 Å². The molecule has 1 N–H and O–H groups in total. The van der Waals surface area contributed by atoms with Crippen molar-refractivity contribution < 1.29 is 13.2 Å². The highest BCUT2D eigenvalue weighted by atomic mass is 35.5. The van der Waals surface area contributed by atoms with Crippen LogP contribution in [0.4, 0.5) is 0 Å². The van der Waals surface area contributed by atoms with Gasteiger partial charge in [0.25, 0.3) is 5.91 Å². The van der Waals surface area contributed by atoms with Crippen LogP contribution in [0.1, 0.15) is 49.5 Å². The number of aryl methyl sites for hydroxylation is 1. The quantitative estimate of drug-likeness (QED) is 0.687. The molecular formula is C20H34ClN3O3S. The van der Waals surface area contributed by atoms with Crippen LogP contribution in [0, 0.1) is 12.8 Å². The van der Waals surface area contributed by atoms with Crippen LogP contribution in [-0.2, 0) is 10.0 Å². The smallest absolute Gasteiger partial charge is 0.253 e. The van der Waals surface area contributed by atoms with E-state index in [1.54, 1.807) is 25.1 Å². The number of halogens is 1. The van der Waals surface area contributed by atoms with Gasteiger partial charge in [0, 0.05) is 31.7 Å². The van der Waals surface area contributed by atoms with Crippen LogP contribution >= 0.6 is 12.4 Å². The maximum Gasteiger partial charge on any atom is 0.253 e. The largest absolute Gasteiger partial charge is 0.339 e. The van der Waals surface area contributed by atoms with Crippen LogP contribution in [0.25, 0.3) is 0 Å². The monoisotopic (exact) mass is 431 g/mol. The molecule has 0 aromatic heterocycles. The molecule has 0 spiro atoms. The van der Waals surface area contributed by atoms with Crippen LogP contribution in [-0.4, -0.2) is 62.8 Å². The molecule has 160 valence electrons. The number of rotatable bonds is 8. The number of hydrogen-bond acceptors (Lipinski definition) is 4. The van der Waals surface area contributed by atoms with Gasteiger partial charge in [-0.15, -0.1) is 12.4 Å². The molecule has 0 atom stereocenters. The predicted octanol–water partition coefficient (Wildman–Crippen LogP) is 2.91. The number of piperidine rings is 1. The normalized spacial score (nSPS) is 15.5. The van der Waals surface area contributed by atoms with Crippen molar-refractivity contribution in [3.63, 3.8) is 0 Å². The van der Waals surface area contributed by atoms with Crippen molar-refractivity contribution >= 4 is 28.3 Å². The molecule has 1 aromatic carbocycles. The van der Waals surface area contributed by atoms with E-state index in [2.05, 4.69) is 12.2 Å². The third kappa shape index (κ3) is 5.69. The first kappa shape index (κ1) is 24.9. The standard InChI is InChI=1S/C20H33N3O3S.ClH/c1-5-21-15-17-10-12-22(13-11-17)20(24)18-9-8-16(4)19(14-18)27(25,26)23(6-2)7-3;/h8-9,14,17,21H,5-7,10-13,15H2,1-4H3;1H. The number of nitrogens with one attached hydrogen (secondary N) is 1. The number of carbonyl (C=O) groups is 1. The second-order valence-electron chi connectivity index (χ2n) is 7.11. The van der Waals surface area contributed by atoms with Crippen molar-refractivity contribution in [1.29, 1.82) is 0 Å². The number of sulfonamides is 1. The zero-order chi connectivity index (χ0) is 20.0. The van der Waals surface area contributed by atoms with Crippen LogP contribution in [0.3, 0.4) is 0 Å². The van der Waals surface area contributed by atoms with Crippen LogP contribution in [0.15, 0.2) is 23.1 Å². The lowest BCUT2D eigenvalue weighted by Crippen LogP contribution is -2.40. The van der Waals surface area contributed by atoms with Crippen molar-refractivity contribution in [2.45, 2.75) is 45.4 Å². The van der Waals surface area contributed by atoms with E-state index >= 15 is 0 Å². The summed E-state index contributed by atoms with van der Waals surface area (Å²) in [5.74, 6) is 0.526. The molecule has 0 bridgehead atoms. The number of carbonyl (C=O) groups excluding carboxylic acids is 1. The maximum atomic E-state index is 12.9. The summed E-state index contributed by atoms with van der Waals surface area (Å²) < 4.78 is 27.2. The summed E-state index contributed by atoms with van der Waals surface area (Å²) in [7, 11) is -3.58. The van der Waals surface area contributed by atoms with E-state index in [1.165, 1.54) is 4.31 Å². The van der Waals surface area contributed by atoms with Crippen LogP contribution < -0.4 is 5.32 Å². The van der Waals surface area contributed by atoms with Crippen molar-refractivity contribution in [1.82, 2.24) is 14.5 Å². The van der Waals surface area contributed by atoms with Gasteiger partial charge in [-0.05, 0) is 56.5 Å². The fourth-order valence-electron chi connectivity index (χ4n) is 3.58. The first-order valence-corrected chi connectivity index (χ1v) is 11.4. The van der Waals surface area contributed by atoms with Crippen molar-refractivity contribution in [2.24, 2.45) is 5.92 Å². The molecule has 1 fully saturated rings. The Morgan fingerprint density at radius 2 is 1.79 bits per heavy atom. The number of amides is 1. The second kappa shape index (κ2) is 11.1. The van der Waals surface area contributed by atoms with Crippen LogP contribution in [0.2, 0.25) is 0 Å². The predicted molar refractivity (Wildman–Crippen MR) is 116 cm³/mol. The minimum absolute atomic E-state index is 0. The summed E-state index contributed by atoms with van der Waals surface area (Å²) in [6.45, 7) is 11.7. The average molecular weight is 432 g/mol. The van der Waals surface area contributed by atoms with E-state index in [-0.39, 0.29) is 23.2 Å². The Hall–Kier alpha value is -1.15. The van der Waals surface area contributed by atoms with Gasteiger partial charge in [0.1, 0.15) is 0 Å². The van der Waals surface area contributed by atoms with Gasteiger partial charge in [-0.2, -0.15) is 4.31 Å². The third-order valence-corrected chi connectivity index (χ3v) is 7.53. The minimum Gasteiger partial charge on any atom is -0.339 e. The van der Waals surface area contributed by atoms with Crippen molar-refractivity contribution in [3.8, 4) is 0 Å². The Bertz CT molecular complexity index is 743. The molecule has 0 radical (unpaired) electrons. The first-order valence-electron chi connectivity index (χ1n) is 9.95. The average Bonchev–Trinajstić information content (AvgIpc) is 2.67. The summed E-state index contributed by atoms with van der Waals surface area (Å²) in [6.07, 6.45) is 1.96. The van der Waals surface area contributed by atoms with E-state index < -0.39 is 10.0 Å². The Morgan fingerprint density at radius 1 is 1.18 bits per heavy atom. The van der Waals surface area contributed by atoms with Gasteiger partial charge in [0.2, 0.25) is 10.0 Å². The lowest BCUT2D eigenvalue weighted by atomic mass is 9.96. The molecular weight excluding hydrogens is 398 g/mol. The molecule has 1 heterocycles. The second-order valence-corrected chi connectivity index (χ2v) is 9.02. The number of benzene rings is 1. The molecule has 0 unspecified atom stereocenters. The van der Waals surface area contributed by atoms with Crippen molar-refractivity contribution in [3.05, 3.63) is 29.3 Å². The highest BCUT2D eigenvalue weighted by molar-refractivity contribution is 7.89. The van der Waals surface area contributed by atoms with Gasteiger partial charge in [0.05, 0.1) is 4.90 Å². The van der Waals surface area contributed by atoms with E-state index in [9.17, 15) is 13.2 Å². The van der Waals surface area contributed by atoms with Crippen LogP contribution in [0.5, 0.6) is 0 Å². The summed E-state index contributed by atoms with van der Waals surface area (Å²) >= 11 is 0. The van der Waals surface area contributed by atoms with E-state index in [0.717, 1.165) is 39.0 Å². The topological polar surface area (TPSA) is 69.7 Å². The Balaban J connectivity index is 0.00000392. The lowest BCUT2D eigenvalue weighted by Gasteiger charge is -2.32. The number of hydrogen-bond donors (Lipinski definition) is 1. The molecule has 1 amide bonds. The van der Waals surface area contributed by atoms with Gasteiger partial charge in [-0.3, -0.25) is 4.79 Å². The van der Waals surface area contributed by atoms with E-state index in [4.69, 9.17) is 0 Å². The summed E-state index contributed by atoms with van der Waals surface area (Å²) in [5.41, 5.74) is 1.12. The van der Waals surface area contributed by atoms with Gasteiger partial charge in [0.15, 0.2) is 0 Å². The Morgan fingerprint density at radius 3 is 2.32 bits per heavy atom. The zero-order valence-corrected chi connectivity index (χ0v) is 19.0. The van der Waals surface area contributed by atoms with Gasteiger partial charge in [-0.25, -0.2) is 8.42 Å².